The van der Waals surface area contributed by atoms with Crippen molar-refractivity contribution < 1.29 is 19.0 Å². The van der Waals surface area contributed by atoms with Crippen molar-refractivity contribution in [1.82, 2.24) is 9.78 Å². The smallest absolute Gasteiger partial charge is 0.200 e. The Bertz CT molecular complexity index is 881. The second-order valence-electron chi connectivity index (χ2n) is 5.24. The lowest BCUT2D eigenvalue weighted by molar-refractivity contribution is 0.406. The summed E-state index contributed by atoms with van der Waals surface area (Å²) in [6, 6.07) is 8.87. The maximum Gasteiger partial charge on any atom is 0.200 e. The van der Waals surface area contributed by atoms with E-state index in [1.165, 1.54) is 4.68 Å². The fraction of sp³-hybridized carbons (Fsp3) is 0.118. The Balaban J connectivity index is 2.21. The van der Waals surface area contributed by atoms with Crippen molar-refractivity contribution in [3.05, 3.63) is 59.4 Å². The number of nitrogens with zero attached hydrogens (tertiary/aromatic N) is 2. The zero-order valence-electron chi connectivity index (χ0n) is 12.5. The number of benzene rings is 2. The molecule has 2 N–H and O–H groups in total. The van der Waals surface area contributed by atoms with Gasteiger partial charge in [0.25, 0.3) is 0 Å². The second-order valence-corrected chi connectivity index (χ2v) is 5.24. The number of phenols is 2. The summed E-state index contributed by atoms with van der Waals surface area (Å²) in [5.41, 5.74) is 2.75. The fourth-order valence-electron chi connectivity index (χ4n) is 2.65. The van der Waals surface area contributed by atoms with Gasteiger partial charge in [0, 0.05) is 29.0 Å². The Morgan fingerprint density at radius 1 is 1.00 bits per heavy atom. The van der Waals surface area contributed by atoms with E-state index in [0.717, 1.165) is 12.1 Å². The van der Waals surface area contributed by atoms with Gasteiger partial charge >= 0.3 is 0 Å². The van der Waals surface area contributed by atoms with Crippen molar-refractivity contribution in [3.8, 4) is 28.3 Å². The average Bonchev–Trinajstić information content (AvgIpc) is 2.80. The van der Waals surface area contributed by atoms with Gasteiger partial charge in [-0.2, -0.15) is 9.49 Å². The van der Waals surface area contributed by atoms with Crippen LogP contribution in [0.5, 0.6) is 11.5 Å². The highest BCUT2D eigenvalue weighted by atomic mass is 19.2. The van der Waals surface area contributed by atoms with Gasteiger partial charge in [0.1, 0.15) is 5.75 Å². The first-order chi connectivity index (χ1) is 10.9. The Hall–Kier alpha value is -2.89. The van der Waals surface area contributed by atoms with E-state index in [0.29, 0.717) is 22.5 Å². The molecule has 0 radical (unpaired) electrons. The molecule has 118 valence electrons. The van der Waals surface area contributed by atoms with Crippen LogP contribution in [0.2, 0.25) is 0 Å². The molecule has 3 rings (SSSR count). The predicted octanol–water partition coefficient (Wildman–Crippen LogP) is 3.85. The summed E-state index contributed by atoms with van der Waals surface area (Å²) in [7, 11) is 0. The van der Waals surface area contributed by atoms with Gasteiger partial charge in [-0.1, -0.05) is 18.2 Å². The fourth-order valence-corrected chi connectivity index (χ4v) is 2.65. The zero-order valence-corrected chi connectivity index (χ0v) is 12.5. The number of aromatic hydroxyl groups is 2. The first-order valence-electron chi connectivity index (χ1n) is 6.93. The topological polar surface area (TPSA) is 58.3 Å². The Labute approximate surface area is 131 Å². The summed E-state index contributed by atoms with van der Waals surface area (Å²) in [6.45, 7) is 3.51. The molecule has 0 bridgehead atoms. The van der Waals surface area contributed by atoms with Gasteiger partial charge in [-0.05, 0) is 19.9 Å². The number of aromatic nitrogens is 2. The van der Waals surface area contributed by atoms with Gasteiger partial charge in [0.15, 0.2) is 17.4 Å². The van der Waals surface area contributed by atoms with Crippen LogP contribution >= 0.6 is 0 Å². The maximum absolute atomic E-state index is 13.5. The van der Waals surface area contributed by atoms with E-state index in [-0.39, 0.29) is 11.4 Å². The molecular weight excluding hydrogens is 302 g/mol. The summed E-state index contributed by atoms with van der Waals surface area (Å²) in [5, 5.41) is 23.8. The molecule has 23 heavy (non-hydrogen) atoms. The molecule has 1 heterocycles. The minimum Gasteiger partial charge on any atom is -0.507 e. The van der Waals surface area contributed by atoms with Gasteiger partial charge < -0.3 is 10.2 Å². The molecule has 6 heteroatoms. The lowest BCUT2D eigenvalue weighted by Gasteiger charge is -2.08. The van der Waals surface area contributed by atoms with Crippen LogP contribution in [0.3, 0.4) is 0 Å². The van der Waals surface area contributed by atoms with Crippen LogP contribution in [0.4, 0.5) is 8.78 Å². The van der Waals surface area contributed by atoms with Crippen LogP contribution in [0, 0.1) is 25.5 Å². The number of hydrogen-bond donors (Lipinski definition) is 2. The lowest BCUT2D eigenvalue weighted by Crippen LogP contribution is -2.01. The first-order valence-corrected chi connectivity index (χ1v) is 6.93. The molecule has 0 atom stereocenters. The normalized spacial score (nSPS) is 11.0. The molecule has 1 aromatic heterocycles. The molecule has 0 aliphatic heterocycles. The molecule has 2 aromatic carbocycles. The van der Waals surface area contributed by atoms with E-state index < -0.39 is 17.4 Å². The zero-order chi connectivity index (χ0) is 16.7. The van der Waals surface area contributed by atoms with Crippen LogP contribution in [0.15, 0.2) is 36.4 Å². The van der Waals surface area contributed by atoms with Crippen LogP contribution in [-0.4, -0.2) is 20.0 Å². The lowest BCUT2D eigenvalue weighted by atomic mass is 10.0. The highest BCUT2D eigenvalue weighted by Gasteiger charge is 2.19. The number of halogens is 2. The highest BCUT2D eigenvalue weighted by molar-refractivity contribution is 5.74. The SMILES string of the molecule is Cc1nn(-c2cc(O)c(F)c(F)c2)c(C)c1-c1ccccc1O. The van der Waals surface area contributed by atoms with Crippen molar-refractivity contribution in [2.45, 2.75) is 13.8 Å². The summed E-state index contributed by atoms with van der Waals surface area (Å²) < 4.78 is 28.2. The third-order valence-electron chi connectivity index (χ3n) is 3.70. The monoisotopic (exact) mass is 316 g/mol. The molecule has 0 fully saturated rings. The molecule has 0 aliphatic carbocycles. The quantitative estimate of drug-likeness (QED) is 0.755. The summed E-state index contributed by atoms with van der Waals surface area (Å²) >= 11 is 0. The first kappa shape index (κ1) is 15.0. The maximum atomic E-state index is 13.5. The Morgan fingerprint density at radius 2 is 1.70 bits per heavy atom. The molecule has 0 aliphatic rings. The van der Waals surface area contributed by atoms with Gasteiger partial charge in [0.2, 0.25) is 0 Å². The van der Waals surface area contributed by atoms with E-state index in [4.69, 9.17) is 0 Å². The largest absolute Gasteiger partial charge is 0.507 e. The minimum atomic E-state index is -1.30. The van der Waals surface area contributed by atoms with Crippen molar-refractivity contribution in [1.29, 1.82) is 0 Å². The molecule has 0 saturated carbocycles. The van der Waals surface area contributed by atoms with Gasteiger partial charge in [0.05, 0.1) is 11.4 Å². The van der Waals surface area contributed by atoms with Crippen molar-refractivity contribution in [3.63, 3.8) is 0 Å². The predicted molar refractivity (Wildman–Crippen MR) is 81.7 cm³/mol. The Morgan fingerprint density at radius 3 is 2.35 bits per heavy atom. The number of aryl methyl sites for hydroxylation is 1. The average molecular weight is 316 g/mol. The van der Waals surface area contributed by atoms with Gasteiger partial charge in [-0.25, -0.2) is 9.07 Å². The number of rotatable bonds is 2. The second kappa shape index (κ2) is 5.39. The molecule has 4 nitrogen and oxygen atoms in total. The molecular formula is C17H14F2N2O2. The van der Waals surface area contributed by atoms with E-state index >= 15 is 0 Å². The minimum absolute atomic E-state index is 0.103. The van der Waals surface area contributed by atoms with Crippen LogP contribution in [0.25, 0.3) is 16.8 Å². The number of hydrogen-bond acceptors (Lipinski definition) is 3. The summed E-state index contributed by atoms with van der Waals surface area (Å²) in [6.07, 6.45) is 0. The van der Waals surface area contributed by atoms with Crippen molar-refractivity contribution in [2.75, 3.05) is 0 Å². The Kier molecular flexibility index (Phi) is 3.52. The molecule has 0 unspecified atom stereocenters. The van der Waals surface area contributed by atoms with E-state index in [1.54, 1.807) is 38.1 Å². The van der Waals surface area contributed by atoms with Crippen molar-refractivity contribution >= 4 is 0 Å². The third kappa shape index (κ3) is 2.42. The third-order valence-corrected chi connectivity index (χ3v) is 3.70. The molecule has 0 spiro atoms. The van der Waals surface area contributed by atoms with E-state index in [2.05, 4.69) is 5.10 Å². The van der Waals surface area contributed by atoms with Gasteiger partial charge in [-0.15, -0.1) is 0 Å². The highest BCUT2D eigenvalue weighted by Crippen LogP contribution is 2.35. The van der Waals surface area contributed by atoms with Crippen LogP contribution in [-0.2, 0) is 0 Å². The van der Waals surface area contributed by atoms with Crippen LogP contribution in [0.1, 0.15) is 11.4 Å². The summed E-state index contributed by atoms with van der Waals surface area (Å²) in [4.78, 5) is 0. The van der Waals surface area contributed by atoms with Gasteiger partial charge in [-0.3, -0.25) is 0 Å². The molecule has 0 amide bonds. The van der Waals surface area contributed by atoms with Crippen LogP contribution < -0.4 is 0 Å². The van der Waals surface area contributed by atoms with E-state index in [1.807, 2.05) is 0 Å². The standard InChI is InChI=1S/C17H14F2N2O2/c1-9-16(12-5-3-4-6-14(12)22)10(2)21(20-9)11-7-13(18)17(19)15(23)8-11/h3-8,22-23H,1-2H3. The van der Waals surface area contributed by atoms with E-state index in [9.17, 15) is 19.0 Å². The van der Waals surface area contributed by atoms with Crippen molar-refractivity contribution in [2.24, 2.45) is 0 Å². The number of para-hydroxylation sites is 1. The summed E-state index contributed by atoms with van der Waals surface area (Å²) in [5.74, 6) is -3.13. The molecule has 3 aromatic rings. The number of phenolic OH excluding ortho intramolecular Hbond substituents is 2. The molecule has 0 saturated heterocycles.